The van der Waals surface area contributed by atoms with Crippen LogP contribution in [0.15, 0.2) is 0 Å². The maximum atomic E-state index is 12.7. The Labute approximate surface area is 162 Å². The molecule has 0 bridgehead atoms. The predicted molar refractivity (Wildman–Crippen MR) is 104 cm³/mol. The first-order valence-electron chi connectivity index (χ1n) is 10.4. The third kappa shape index (κ3) is 4.20. The van der Waals surface area contributed by atoms with Gasteiger partial charge < -0.3 is 15.0 Å². The highest BCUT2D eigenvalue weighted by molar-refractivity contribution is 5.78. The van der Waals surface area contributed by atoms with Gasteiger partial charge in [0.25, 0.3) is 0 Å². The number of nitrogens with zero attached hydrogens (tertiary/aromatic N) is 4. The number of likely N-dealkylation sites (tertiary alicyclic amines) is 1. The molecule has 1 atom stereocenters. The molecular weight excluding hydrogens is 342 g/mol. The number of rotatable bonds is 5. The van der Waals surface area contributed by atoms with Gasteiger partial charge in [0.05, 0.1) is 31.5 Å². The minimum Gasteiger partial charge on any atom is -0.378 e. The van der Waals surface area contributed by atoms with Crippen LogP contribution in [0.1, 0.15) is 48.7 Å². The lowest BCUT2D eigenvalue weighted by Crippen LogP contribution is -2.50. The van der Waals surface area contributed by atoms with E-state index < -0.39 is 0 Å². The molecule has 27 heavy (non-hydrogen) atoms. The molecule has 2 aliphatic heterocycles. The van der Waals surface area contributed by atoms with Crippen molar-refractivity contribution in [2.45, 2.75) is 57.7 Å². The number of morpholine rings is 1. The van der Waals surface area contributed by atoms with Crippen molar-refractivity contribution in [2.24, 2.45) is 7.05 Å². The minimum atomic E-state index is 0.106. The zero-order valence-electron chi connectivity index (χ0n) is 16.9. The number of aromatic nitrogens is 2. The summed E-state index contributed by atoms with van der Waals surface area (Å²) in [6.45, 7) is 8.92. The van der Waals surface area contributed by atoms with Gasteiger partial charge in [0.1, 0.15) is 0 Å². The second-order valence-electron chi connectivity index (χ2n) is 8.38. The Balaban J connectivity index is 1.34. The molecule has 150 valence electrons. The molecule has 0 radical (unpaired) electrons. The lowest BCUT2D eigenvalue weighted by molar-refractivity contribution is -0.125. The van der Waals surface area contributed by atoms with E-state index in [0.29, 0.717) is 25.8 Å². The Morgan fingerprint density at radius 1 is 1.19 bits per heavy atom. The molecule has 3 heterocycles. The second-order valence-corrected chi connectivity index (χ2v) is 8.38. The molecular formula is C20H33N5O2. The number of piperidine rings is 1. The zero-order chi connectivity index (χ0) is 19.0. The van der Waals surface area contributed by atoms with Gasteiger partial charge in [-0.15, -0.1) is 0 Å². The van der Waals surface area contributed by atoms with Gasteiger partial charge in [-0.25, -0.2) is 0 Å². The largest absolute Gasteiger partial charge is 0.378 e. The van der Waals surface area contributed by atoms with E-state index in [1.165, 1.54) is 18.4 Å². The highest BCUT2D eigenvalue weighted by Crippen LogP contribution is 2.30. The van der Waals surface area contributed by atoms with Crippen molar-refractivity contribution in [3.8, 4) is 0 Å². The van der Waals surface area contributed by atoms with Crippen molar-refractivity contribution in [1.29, 1.82) is 0 Å². The third-order valence-corrected chi connectivity index (χ3v) is 6.44. The van der Waals surface area contributed by atoms with Crippen LogP contribution in [0.2, 0.25) is 0 Å². The lowest BCUT2D eigenvalue weighted by atomic mass is 10.0. The Bertz CT molecular complexity index is 676. The molecule has 1 unspecified atom stereocenters. The average Bonchev–Trinajstić information content (AvgIpc) is 3.45. The van der Waals surface area contributed by atoms with Crippen LogP contribution >= 0.6 is 0 Å². The Kier molecular flexibility index (Phi) is 5.53. The van der Waals surface area contributed by atoms with Crippen LogP contribution in [0.25, 0.3) is 0 Å². The van der Waals surface area contributed by atoms with Gasteiger partial charge in [0.15, 0.2) is 0 Å². The van der Waals surface area contributed by atoms with Crippen LogP contribution in [0.3, 0.4) is 0 Å². The Morgan fingerprint density at radius 2 is 1.93 bits per heavy atom. The molecule has 7 nitrogen and oxygen atoms in total. The maximum absolute atomic E-state index is 12.7. The van der Waals surface area contributed by atoms with Crippen LogP contribution in [0, 0.1) is 13.8 Å². The fourth-order valence-electron chi connectivity index (χ4n) is 4.67. The molecule has 1 aromatic heterocycles. The summed E-state index contributed by atoms with van der Waals surface area (Å²) in [6.07, 6.45) is 4.89. The second kappa shape index (κ2) is 7.89. The van der Waals surface area contributed by atoms with E-state index in [9.17, 15) is 4.79 Å². The Hall–Kier alpha value is -1.44. The quantitative estimate of drug-likeness (QED) is 0.837. The molecule has 1 aromatic rings. The number of carbonyl (C=O) groups is 1. The van der Waals surface area contributed by atoms with Crippen molar-refractivity contribution < 1.29 is 9.53 Å². The van der Waals surface area contributed by atoms with Gasteiger partial charge in [-0.3, -0.25) is 14.4 Å². The number of hydrogen-bond donors (Lipinski definition) is 1. The van der Waals surface area contributed by atoms with Crippen molar-refractivity contribution in [2.75, 3.05) is 39.4 Å². The van der Waals surface area contributed by atoms with E-state index in [4.69, 9.17) is 4.74 Å². The summed E-state index contributed by atoms with van der Waals surface area (Å²) in [5, 5.41) is 7.83. The van der Waals surface area contributed by atoms with E-state index in [1.54, 1.807) is 0 Å². The van der Waals surface area contributed by atoms with Crippen molar-refractivity contribution >= 4 is 5.91 Å². The number of ether oxygens (including phenoxy) is 1. The van der Waals surface area contributed by atoms with Gasteiger partial charge in [0, 0.05) is 50.0 Å². The van der Waals surface area contributed by atoms with Crippen LogP contribution in [-0.2, 0) is 16.6 Å². The van der Waals surface area contributed by atoms with Gasteiger partial charge in [-0.05, 0) is 39.5 Å². The molecule has 1 amide bonds. The molecule has 3 aliphatic rings. The molecule has 3 fully saturated rings. The number of nitrogens with one attached hydrogen (secondary N) is 1. The zero-order valence-corrected chi connectivity index (χ0v) is 16.9. The first-order chi connectivity index (χ1) is 13.0. The summed E-state index contributed by atoms with van der Waals surface area (Å²) in [5.74, 6) is 0.144. The smallest absolute Gasteiger partial charge is 0.234 e. The first kappa shape index (κ1) is 18.9. The monoisotopic (exact) mass is 375 g/mol. The van der Waals surface area contributed by atoms with Crippen LogP contribution < -0.4 is 5.32 Å². The summed E-state index contributed by atoms with van der Waals surface area (Å²) in [7, 11) is 1.97. The fraction of sp³-hybridized carbons (Fsp3) is 0.800. The topological polar surface area (TPSA) is 62.6 Å². The minimum absolute atomic E-state index is 0.106. The Morgan fingerprint density at radius 3 is 2.56 bits per heavy atom. The SMILES string of the molecule is Cc1nn(C)c(C)c1C1COCCN1CC(=O)NC1CCN(C2CC2)CC1. The van der Waals surface area contributed by atoms with E-state index in [2.05, 4.69) is 27.1 Å². The van der Waals surface area contributed by atoms with Crippen molar-refractivity contribution in [1.82, 2.24) is 24.9 Å². The van der Waals surface area contributed by atoms with Crippen LogP contribution in [-0.4, -0.2) is 77.0 Å². The van der Waals surface area contributed by atoms with E-state index in [-0.39, 0.29) is 11.9 Å². The molecule has 7 heteroatoms. The summed E-state index contributed by atoms with van der Waals surface area (Å²) in [4.78, 5) is 17.6. The standard InChI is InChI=1S/C20H33N5O2/c1-14-20(15(2)23(3)22-14)18-13-27-11-10-25(18)12-19(26)21-16-6-8-24(9-7-16)17-4-5-17/h16-18H,4-13H2,1-3H3,(H,21,26). The molecule has 1 N–H and O–H groups in total. The number of amides is 1. The average molecular weight is 376 g/mol. The molecule has 1 aliphatic carbocycles. The molecule has 1 saturated carbocycles. The predicted octanol–water partition coefficient (Wildman–Crippen LogP) is 1.15. The van der Waals surface area contributed by atoms with E-state index >= 15 is 0 Å². The first-order valence-corrected chi connectivity index (χ1v) is 10.4. The third-order valence-electron chi connectivity index (χ3n) is 6.44. The normalized spacial score (nSPS) is 25.7. The number of carbonyl (C=O) groups excluding carboxylic acids is 1. The molecule has 0 spiro atoms. The lowest BCUT2D eigenvalue weighted by Gasteiger charge is -2.36. The van der Waals surface area contributed by atoms with E-state index in [1.807, 2.05) is 18.7 Å². The molecule has 0 aromatic carbocycles. The highest BCUT2D eigenvalue weighted by Gasteiger charge is 2.33. The summed E-state index contributed by atoms with van der Waals surface area (Å²) < 4.78 is 7.66. The van der Waals surface area contributed by atoms with Gasteiger partial charge in [-0.1, -0.05) is 0 Å². The number of hydrogen-bond acceptors (Lipinski definition) is 5. The summed E-state index contributed by atoms with van der Waals surface area (Å²) in [6, 6.07) is 1.27. The fourth-order valence-corrected chi connectivity index (χ4v) is 4.67. The van der Waals surface area contributed by atoms with Gasteiger partial charge >= 0.3 is 0 Å². The number of aryl methyl sites for hydroxylation is 2. The summed E-state index contributed by atoms with van der Waals surface area (Å²) >= 11 is 0. The van der Waals surface area contributed by atoms with Gasteiger partial charge in [0.2, 0.25) is 5.91 Å². The van der Waals surface area contributed by atoms with E-state index in [0.717, 1.165) is 49.9 Å². The highest BCUT2D eigenvalue weighted by atomic mass is 16.5. The maximum Gasteiger partial charge on any atom is 0.234 e. The van der Waals surface area contributed by atoms with Crippen molar-refractivity contribution in [3.05, 3.63) is 17.0 Å². The van der Waals surface area contributed by atoms with Crippen LogP contribution in [0.5, 0.6) is 0 Å². The van der Waals surface area contributed by atoms with Crippen molar-refractivity contribution in [3.63, 3.8) is 0 Å². The summed E-state index contributed by atoms with van der Waals surface area (Å²) in [5.41, 5.74) is 3.40. The van der Waals surface area contributed by atoms with Gasteiger partial charge in [-0.2, -0.15) is 5.10 Å². The molecule has 4 rings (SSSR count). The van der Waals surface area contributed by atoms with Crippen LogP contribution in [0.4, 0.5) is 0 Å². The molecule has 2 saturated heterocycles.